The summed E-state index contributed by atoms with van der Waals surface area (Å²) in [5.74, 6) is 1.67. The van der Waals surface area contributed by atoms with Crippen molar-refractivity contribution in [1.82, 2.24) is 9.80 Å². The van der Waals surface area contributed by atoms with Gasteiger partial charge in [0.2, 0.25) is 0 Å². The highest BCUT2D eigenvalue weighted by Gasteiger charge is 2.18. The lowest BCUT2D eigenvalue weighted by Gasteiger charge is -2.32. The Labute approximate surface area is 140 Å². The fourth-order valence-electron chi connectivity index (χ4n) is 3.74. The van der Waals surface area contributed by atoms with Gasteiger partial charge in [0.25, 0.3) is 0 Å². The van der Waals surface area contributed by atoms with Crippen molar-refractivity contribution in [2.24, 2.45) is 11.7 Å². The van der Waals surface area contributed by atoms with Gasteiger partial charge in [0.1, 0.15) is 12.4 Å². The maximum atomic E-state index is 5.88. The van der Waals surface area contributed by atoms with Crippen molar-refractivity contribution < 1.29 is 4.74 Å². The van der Waals surface area contributed by atoms with E-state index >= 15 is 0 Å². The molecule has 4 nitrogen and oxygen atoms in total. The van der Waals surface area contributed by atoms with Crippen LogP contribution in [0.3, 0.4) is 0 Å². The van der Waals surface area contributed by atoms with Crippen LogP contribution in [0.25, 0.3) is 0 Å². The number of hydrogen-bond acceptors (Lipinski definition) is 4. The zero-order valence-electron chi connectivity index (χ0n) is 14.3. The van der Waals surface area contributed by atoms with E-state index in [0.29, 0.717) is 5.92 Å². The van der Waals surface area contributed by atoms with Gasteiger partial charge in [0.05, 0.1) is 0 Å². The molecule has 4 heteroatoms. The highest BCUT2D eigenvalue weighted by Crippen LogP contribution is 2.19. The Morgan fingerprint density at radius 2 is 1.74 bits per heavy atom. The number of ether oxygens (including phenoxy) is 1. The van der Waals surface area contributed by atoms with E-state index in [1.54, 1.807) is 0 Å². The number of nitrogens with zero attached hydrogens (tertiary/aromatic N) is 2. The minimum Gasteiger partial charge on any atom is -0.492 e. The number of benzene rings is 1. The summed E-state index contributed by atoms with van der Waals surface area (Å²) < 4.78 is 5.88. The summed E-state index contributed by atoms with van der Waals surface area (Å²) >= 11 is 0. The van der Waals surface area contributed by atoms with Crippen molar-refractivity contribution in [3.63, 3.8) is 0 Å². The fourth-order valence-corrected chi connectivity index (χ4v) is 3.74. The lowest BCUT2D eigenvalue weighted by Crippen LogP contribution is -2.37. The molecule has 0 amide bonds. The average Bonchev–Trinajstić information content (AvgIpc) is 3.10. The number of rotatable bonds is 7. The second-order valence-corrected chi connectivity index (χ2v) is 7.02. The van der Waals surface area contributed by atoms with Gasteiger partial charge in [-0.05, 0) is 75.5 Å². The highest BCUT2D eigenvalue weighted by atomic mass is 16.5. The van der Waals surface area contributed by atoms with E-state index in [1.807, 2.05) is 0 Å². The van der Waals surface area contributed by atoms with Gasteiger partial charge < -0.3 is 10.5 Å². The van der Waals surface area contributed by atoms with Crippen molar-refractivity contribution >= 4 is 0 Å². The summed E-state index contributed by atoms with van der Waals surface area (Å²) in [7, 11) is 0. The van der Waals surface area contributed by atoms with E-state index in [4.69, 9.17) is 10.5 Å². The minimum absolute atomic E-state index is 0.678. The Morgan fingerprint density at radius 1 is 1.00 bits per heavy atom. The number of nitrogens with two attached hydrogens (primary N) is 1. The second kappa shape index (κ2) is 8.67. The van der Waals surface area contributed by atoms with Gasteiger partial charge >= 0.3 is 0 Å². The van der Waals surface area contributed by atoms with Crippen molar-refractivity contribution in [1.29, 1.82) is 0 Å². The lowest BCUT2D eigenvalue weighted by atomic mass is 9.98. The van der Waals surface area contributed by atoms with Crippen LogP contribution in [0, 0.1) is 5.92 Å². The molecule has 0 aliphatic carbocycles. The zero-order valence-corrected chi connectivity index (χ0v) is 14.3. The molecule has 2 aliphatic heterocycles. The van der Waals surface area contributed by atoms with E-state index in [-0.39, 0.29) is 0 Å². The molecule has 0 spiro atoms. The van der Waals surface area contributed by atoms with E-state index in [2.05, 4.69) is 34.1 Å². The molecule has 0 aromatic heterocycles. The fraction of sp³-hybridized carbons (Fsp3) is 0.684. The van der Waals surface area contributed by atoms with E-state index in [0.717, 1.165) is 38.5 Å². The molecule has 1 aromatic rings. The molecule has 0 unspecified atom stereocenters. The number of piperidine rings is 1. The molecule has 128 valence electrons. The van der Waals surface area contributed by atoms with Crippen LogP contribution in [0.5, 0.6) is 5.75 Å². The first-order valence-electron chi connectivity index (χ1n) is 9.20. The molecule has 0 bridgehead atoms. The molecule has 0 saturated carbocycles. The van der Waals surface area contributed by atoms with Gasteiger partial charge in [-0.2, -0.15) is 0 Å². The summed E-state index contributed by atoms with van der Waals surface area (Å²) in [6.45, 7) is 8.52. The van der Waals surface area contributed by atoms with E-state index in [1.165, 1.54) is 50.9 Å². The van der Waals surface area contributed by atoms with Crippen LogP contribution in [0.2, 0.25) is 0 Å². The van der Waals surface area contributed by atoms with Gasteiger partial charge in [-0.25, -0.2) is 0 Å². The second-order valence-electron chi connectivity index (χ2n) is 7.02. The van der Waals surface area contributed by atoms with Gasteiger partial charge in [0.15, 0.2) is 0 Å². The molecule has 1 atom stereocenters. The first-order valence-corrected chi connectivity index (χ1v) is 9.20. The summed E-state index contributed by atoms with van der Waals surface area (Å²) in [5, 5.41) is 0. The molecule has 1 aromatic carbocycles. The molecular formula is C19H31N3O. The van der Waals surface area contributed by atoms with Gasteiger partial charge in [-0.15, -0.1) is 0 Å². The van der Waals surface area contributed by atoms with Crippen LogP contribution >= 0.6 is 0 Å². The van der Waals surface area contributed by atoms with Gasteiger partial charge in [-0.1, -0.05) is 12.1 Å². The SMILES string of the molecule is NC[C@@H]1CCCN(Cc2ccc(OCCN3CCCC3)cc2)C1. The van der Waals surface area contributed by atoms with Crippen molar-refractivity contribution in [2.45, 2.75) is 32.2 Å². The van der Waals surface area contributed by atoms with Crippen LogP contribution in [-0.4, -0.2) is 55.7 Å². The predicted octanol–water partition coefficient (Wildman–Crippen LogP) is 2.33. The molecule has 2 fully saturated rings. The topological polar surface area (TPSA) is 41.7 Å². The maximum absolute atomic E-state index is 5.88. The molecular weight excluding hydrogens is 286 g/mol. The monoisotopic (exact) mass is 317 g/mol. The highest BCUT2D eigenvalue weighted by molar-refractivity contribution is 5.27. The van der Waals surface area contributed by atoms with Crippen molar-refractivity contribution in [3.05, 3.63) is 29.8 Å². The van der Waals surface area contributed by atoms with Crippen LogP contribution in [0.1, 0.15) is 31.2 Å². The van der Waals surface area contributed by atoms with Gasteiger partial charge in [-0.3, -0.25) is 9.80 Å². The smallest absolute Gasteiger partial charge is 0.119 e. The molecule has 2 heterocycles. The average molecular weight is 317 g/mol. The Balaban J connectivity index is 1.41. The predicted molar refractivity (Wildman–Crippen MR) is 94.7 cm³/mol. The normalized spacial score (nSPS) is 23.3. The quantitative estimate of drug-likeness (QED) is 0.838. The molecule has 2 saturated heterocycles. The number of likely N-dealkylation sites (tertiary alicyclic amines) is 2. The Hall–Kier alpha value is -1.10. The zero-order chi connectivity index (χ0) is 15.9. The van der Waals surface area contributed by atoms with Crippen LogP contribution in [0.4, 0.5) is 0 Å². The lowest BCUT2D eigenvalue weighted by molar-refractivity contribution is 0.171. The van der Waals surface area contributed by atoms with Gasteiger partial charge in [0, 0.05) is 19.6 Å². The van der Waals surface area contributed by atoms with Crippen LogP contribution in [-0.2, 0) is 6.54 Å². The molecule has 2 aliphatic rings. The van der Waals surface area contributed by atoms with Crippen molar-refractivity contribution in [3.8, 4) is 5.75 Å². The minimum atomic E-state index is 0.678. The Morgan fingerprint density at radius 3 is 2.48 bits per heavy atom. The summed E-state index contributed by atoms with van der Waals surface area (Å²) in [5.41, 5.74) is 7.19. The Bertz CT molecular complexity index is 456. The standard InChI is InChI=1S/C19H31N3O/c20-14-18-4-3-11-22(16-18)15-17-5-7-19(8-6-17)23-13-12-21-9-1-2-10-21/h5-8,18H,1-4,9-16,20H2/t18-/m0/s1. The summed E-state index contributed by atoms with van der Waals surface area (Å²) in [6.07, 6.45) is 5.25. The third kappa shape index (κ3) is 5.20. The van der Waals surface area contributed by atoms with E-state index < -0.39 is 0 Å². The molecule has 23 heavy (non-hydrogen) atoms. The van der Waals surface area contributed by atoms with E-state index in [9.17, 15) is 0 Å². The Kier molecular flexibility index (Phi) is 6.31. The first-order chi connectivity index (χ1) is 11.3. The molecule has 0 radical (unpaired) electrons. The summed E-state index contributed by atoms with van der Waals surface area (Å²) in [6, 6.07) is 8.64. The maximum Gasteiger partial charge on any atom is 0.119 e. The van der Waals surface area contributed by atoms with Crippen LogP contribution in [0.15, 0.2) is 24.3 Å². The molecule has 3 rings (SSSR count). The van der Waals surface area contributed by atoms with Crippen LogP contribution < -0.4 is 10.5 Å². The summed E-state index contributed by atoms with van der Waals surface area (Å²) in [4.78, 5) is 5.02. The first kappa shape index (κ1) is 16.7. The third-order valence-electron chi connectivity index (χ3n) is 5.14. The largest absolute Gasteiger partial charge is 0.492 e. The van der Waals surface area contributed by atoms with Crippen molar-refractivity contribution in [2.75, 3.05) is 45.9 Å². The molecule has 2 N–H and O–H groups in total. The number of hydrogen-bond donors (Lipinski definition) is 1. The third-order valence-corrected chi connectivity index (χ3v) is 5.14.